The zero-order valence-electron chi connectivity index (χ0n) is 14.2. The smallest absolute Gasteiger partial charge is 0.238 e. The fourth-order valence-corrected chi connectivity index (χ4v) is 6.83. The van der Waals surface area contributed by atoms with E-state index in [9.17, 15) is 21.6 Å². The number of rotatable bonds is 5. The second-order valence-electron chi connectivity index (χ2n) is 7.60. The van der Waals surface area contributed by atoms with Gasteiger partial charge in [-0.25, -0.2) is 22.0 Å². The molecule has 1 aromatic rings. The van der Waals surface area contributed by atoms with Gasteiger partial charge in [0.2, 0.25) is 20.0 Å². The Morgan fingerprint density at radius 3 is 2.44 bits per heavy atom. The standard InChI is InChI=1S/C16H22N2O5S2/c1-15(2)11-6-7-16(15,14(19)8-11)10-24(20,21)18-12-4-3-5-13(9-12)25(17,22)23/h3-5,9,11,18H,6-8,10H2,1-2H3,(H2,17,22,23)/t11-,16+/m0/s1. The van der Waals surface area contributed by atoms with E-state index < -0.39 is 25.5 Å². The van der Waals surface area contributed by atoms with Crippen molar-refractivity contribution in [3.8, 4) is 0 Å². The van der Waals surface area contributed by atoms with Gasteiger partial charge >= 0.3 is 0 Å². The van der Waals surface area contributed by atoms with Crippen LogP contribution in [0.15, 0.2) is 29.2 Å². The molecule has 2 atom stereocenters. The predicted octanol–water partition coefficient (Wildman–Crippen LogP) is 1.47. The third kappa shape index (κ3) is 2.98. The summed E-state index contributed by atoms with van der Waals surface area (Å²) in [6.07, 6.45) is 1.86. The lowest BCUT2D eigenvalue weighted by atomic mass is 9.70. The minimum atomic E-state index is -3.93. The summed E-state index contributed by atoms with van der Waals surface area (Å²) in [6, 6.07) is 5.32. The van der Waals surface area contributed by atoms with E-state index in [2.05, 4.69) is 4.72 Å². The van der Waals surface area contributed by atoms with Gasteiger partial charge in [-0.15, -0.1) is 0 Å². The third-order valence-corrected chi connectivity index (χ3v) is 8.34. The van der Waals surface area contributed by atoms with E-state index in [4.69, 9.17) is 5.14 Å². The Morgan fingerprint density at radius 1 is 1.24 bits per heavy atom. The summed E-state index contributed by atoms with van der Waals surface area (Å²) in [7, 11) is -7.76. The van der Waals surface area contributed by atoms with Crippen molar-refractivity contribution in [3.63, 3.8) is 0 Å². The first kappa shape index (κ1) is 18.3. The normalized spacial score (nSPS) is 28.3. The average Bonchev–Trinajstić information content (AvgIpc) is 2.79. The van der Waals surface area contributed by atoms with E-state index >= 15 is 0 Å². The SMILES string of the molecule is CC1(C)[C@H]2CC[C@@]1(CS(=O)(=O)Nc1cccc(S(N)(=O)=O)c1)C(=O)C2. The summed E-state index contributed by atoms with van der Waals surface area (Å²) in [5.41, 5.74) is -1.12. The van der Waals surface area contributed by atoms with Crippen molar-refractivity contribution < 1.29 is 21.6 Å². The van der Waals surface area contributed by atoms with E-state index in [-0.39, 0.29) is 33.5 Å². The van der Waals surface area contributed by atoms with Crippen LogP contribution in [0.3, 0.4) is 0 Å². The number of hydrogen-bond donors (Lipinski definition) is 2. The maximum absolute atomic E-state index is 12.7. The molecule has 0 spiro atoms. The van der Waals surface area contributed by atoms with Gasteiger partial charge in [-0.1, -0.05) is 19.9 Å². The number of Topliss-reactive ketones (excluding diaryl/α,β-unsaturated/α-hetero) is 1. The third-order valence-electron chi connectivity index (χ3n) is 6.01. The Kier molecular flexibility index (Phi) is 4.05. The first-order chi connectivity index (χ1) is 11.4. The van der Waals surface area contributed by atoms with E-state index in [0.29, 0.717) is 12.8 Å². The molecule has 0 radical (unpaired) electrons. The molecular formula is C16H22N2O5S2. The summed E-state index contributed by atoms with van der Waals surface area (Å²) in [5, 5.41) is 5.07. The molecule has 0 saturated heterocycles. The number of primary sulfonamides is 1. The van der Waals surface area contributed by atoms with Crippen LogP contribution in [0.1, 0.15) is 33.1 Å². The molecule has 9 heteroatoms. The van der Waals surface area contributed by atoms with Gasteiger partial charge in [0.1, 0.15) is 5.78 Å². The highest BCUT2D eigenvalue weighted by Gasteiger charge is 2.65. The van der Waals surface area contributed by atoms with Crippen LogP contribution in [0.5, 0.6) is 0 Å². The van der Waals surface area contributed by atoms with Crippen molar-refractivity contribution in [1.82, 2.24) is 0 Å². The Bertz CT molecular complexity index is 937. The topological polar surface area (TPSA) is 123 Å². The van der Waals surface area contributed by atoms with Crippen molar-refractivity contribution in [2.75, 3.05) is 10.5 Å². The van der Waals surface area contributed by atoms with Crippen molar-refractivity contribution in [2.45, 2.75) is 38.0 Å². The molecule has 2 fully saturated rings. The van der Waals surface area contributed by atoms with Crippen molar-refractivity contribution in [3.05, 3.63) is 24.3 Å². The van der Waals surface area contributed by atoms with Crippen molar-refractivity contribution >= 4 is 31.5 Å². The van der Waals surface area contributed by atoms with Crippen molar-refractivity contribution in [2.24, 2.45) is 21.9 Å². The number of ketones is 1. The number of nitrogens with one attached hydrogen (secondary N) is 1. The number of sulfonamides is 2. The minimum absolute atomic E-state index is 0.0115. The van der Waals surface area contributed by atoms with E-state index in [1.54, 1.807) is 0 Å². The molecule has 3 N–H and O–H groups in total. The van der Waals surface area contributed by atoms with Gasteiger partial charge in [0, 0.05) is 12.1 Å². The van der Waals surface area contributed by atoms with Gasteiger partial charge in [0.15, 0.2) is 0 Å². The van der Waals surface area contributed by atoms with Crippen LogP contribution in [-0.4, -0.2) is 28.4 Å². The summed E-state index contributed by atoms with van der Waals surface area (Å²) in [5.74, 6) is -0.0552. The lowest BCUT2D eigenvalue weighted by molar-refractivity contribution is -0.128. The van der Waals surface area contributed by atoms with Crippen LogP contribution < -0.4 is 9.86 Å². The first-order valence-electron chi connectivity index (χ1n) is 8.04. The summed E-state index contributed by atoms with van der Waals surface area (Å²) in [4.78, 5) is 12.3. The zero-order valence-corrected chi connectivity index (χ0v) is 15.8. The molecule has 0 amide bonds. The molecule has 2 aliphatic rings. The molecule has 0 aliphatic heterocycles. The predicted molar refractivity (Wildman–Crippen MR) is 93.8 cm³/mol. The lowest BCUT2D eigenvalue weighted by Gasteiger charge is -2.36. The second kappa shape index (κ2) is 5.52. The quantitative estimate of drug-likeness (QED) is 0.793. The Hall–Kier alpha value is -1.45. The van der Waals surface area contributed by atoms with E-state index in [0.717, 1.165) is 6.42 Å². The Labute approximate surface area is 148 Å². The summed E-state index contributed by atoms with van der Waals surface area (Å²) in [6.45, 7) is 3.93. The number of carbonyl (C=O) groups excluding carboxylic acids is 1. The summed E-state index contributed by atoms with van der Waals surface area (Å²) < 4.78 is 50.6. The largest absolute Gasteiger partial charge is 0.299 e. The average molecular weight is 386 g/mol. The zero-order chi connectivity index (χ0) is 18.7. The maximum atomic E-state index is 12.7. The Balaban J connectivity index is 1.88. The minimum Gasteiger partial charge on any atom is -0.299 e. The molecule has 0 heterocycles. The summed E-state index contributed by atoms with van der Waals surface area (Å²) >= 11 is 0. The lowest BCUT2D eigenvalue weighted by Crippen LogP contribution is -2.43. The van der Waals surface area contributed by atoms with E-state index in [1.165, 1.54) is 24.3 Å². The molecule has 25 heavy (non-hydrogen) atoms. The Morgan fingerprint density at radius 2 is 1.92 bits per heavy atom. The van der Waals surface area contributed by atoms with Gasteiger partial charge in [0.05, 0.1) is 16.1 Å². The highest BCUT2D eigenvalue weighted by molar-refractivity contribution is 7.92. The fourth-order valence-electron chi connectivity index (χ4n) is 4.38. The van der Waals surface area contributed by atoms with Gasteiger partial charge in [-0.2, -0.15) is 0 Å². The molecule has 2 saturated carbocycles. The van der Waals surface area contributed by atoms with Crippen LogP contribution in [0.25, 0.3) is 0 Å². The number of fused-ring (bicyclic) bond motifs is 2. The highest BCUT2D eigenvalue weighted by atomic mass is 32.2. The molecule has 2 bridgehead atoms. The molecule has 1 aromatic carbocycles. The fraction of sp³-hybridized carbons (Fsp3) is 0.562. The van der Waals surface area contributed by atoms with Gasteiger partial charge in [-0.05, 0) is 42.4 Å². The molecule has 0 unspecified atom stereocenters. The second-order valence-corrected chi connectivity index (χ2v) is 10.9. The highest BCUT2D eigenvalue weighted by Crippen LogP contribution is 2.64. The monoisotopic (exact) mass is 386 g/mol. The number of hydrogen-bond acceptors (Lipinski definition) is 5. The molecular weight excluding hydrogens is 364 g/mol. The molecule has 138 valence electrons. The van der Waals surface area contributed by atoms with Crippen LogP contribution in [-0.2, 0) is 24.8 Å². The first-order valence-corrected chi connectivity index (χ1v) is 11.2. The molecule has 2 aliphatic carbocycles. The molecule has 3 rings (SSSR count). The van der Waals surface area contributed by atoms with Crippen LogP contribution in [0.4, 0.5) is 5.69 Å². The van der Waals surface area contributed by atoms with Gasteiger partial charge < -0.3 is 0 Å². The van der Waals surface area contributed by atoms with Crippen molar-refractivity contribution in [1.29, 1.82) is 0 Å². The number of nitrogens with two attached hydrogens (primary N) is 1. The maximum Gasteiger partial charge on any atom is 0.238 e. The molecule has 0 aromatic heterocycles. The van der Waals surface area contributed by atoms with Crippen LogP contribution in [0, 0.1) is 16.7 Å². The van der Waals surface area contributed by atoms with Crippen LogP contribution in [0.2, 0.25) is 0 Å². The number of carbonyl (C=O) groups is 1. The number of benzene rings is 1. The van der Waals surface area contributed by atoms with Gasteiger partial charge in [-0.3, -0.25) is 9.52 Å². The number of anilines is 1. The van der Waals surface area contributed by atoms with Gasteiger partial charge in [0.25, 0.3) is 0 Å². The molecule has 7 nitrogen and oxygen atoms in total. The van der Waals surface area contributed by atoms with Crippen LogP contribution >= 0.6 is 0 Å². The van der Waals surface area contributed by atoms with E-state index in [1.807, 2.05) is 13.8 Å².